The van der Waals surface area contributed by atoms with E-state index >= 15 is 0 Å². The van der Waals surface area contributed by atoms with Gasteiger partial charge in [0.15, 0.2) is 0 Å². The van der Waals surface area contributed by atoms with Crippen LogP contribution in [0, 0.1) is 2.88 Å². The van der Waals surface area contributed by atoms with Crippen molar-refractivity contribution in [3.63, 3.8) is 0 Å². The Bertz CT molecular complexity index is 415. The van der Waals surface area contributed by atoms with Crippen LogP contribution in [0.1, 0.15) is 30.6 Å². The molecule has 2 amide bonds. The van der Waals surface area contributed by atoms with E-state index in [1.165, 1.54) is 11.3 Å². The molecule has 6 heteroatoms. The fourth-order valence-corrected chi connectivity index (χ4v) is 2.61. The van der Waals surface area contributed by atoms with Crippen LogP contribution in [0.4, 0.5) is 0 Å². The summed E-state index contributed by atoms with van der Waals surface area (Å²) in [6.07, 6.45) is 0.125. The van der Waals surface area contributed by atoms with Gasteiger partial charge in [0.1, 0.15) is 0 Å². The molecule has 1 aromatic rings. The van der Waals surface area contributed by atoms with E-state index in [-0.39, 0.29) is 12.3 Å². The zero-order valence-corrected chi connectivity index (χ0v) is 12.0. The van der Waals surface area contributed by atoms with Crippen LogP contribution in [0.15, 0.2) is 11.4 Å². The Morgan fingerprint density at radius 2 is 2.19 bits per heavy atom. The Morgan fingerprint density at radius 1 is 1.56 bits per heavy atom. The molecule has 0 aliphatic rings. The lowest BCUT2D eigenvalue weighted by atomic mass is 10.00. The molecule has 1 rings (SSSR count). The molecular weight excluding hydrogens is 339 g/mol. The molecule has 16 heavy (non-hydrogen) atoms. The number of thiophene rings is 1. The summed E-state index contributed by atoms with van der Waals surface area (Å²) >= 11 is 3.66. The van der Waals surface area contributed by atoms with Crippen LogP contribution >= 0.6 is 33.9 Å². The Labute approximate surface area is 112 Å². The number of hydrogen-bond donors (Lipinski definition) is 2. The average molecular weight is 352 g/mol. The Balaban J connectivity index is 2.67. The maximum absolute atomic E-state index is 11.8. The molecule has 0 aliphatic carbocycles. The summed E-state index contributed by atoms with van der Waals surface area (Å²) in [5, 5.41) is 4.57. The number of carbonyl (C=O) groups excluding carboxylic acids is 2. The molecule has 0 spiro atoms. The SMILES string of the molecule is CC(C)(CC(N)=O)NC(=O)c1csc(I)c1. The maximum atomic E-state index is 11.8. The lowest BCUT2D eigenvalue weighted by Gasteiger charge is -2.24. The van der Waals surface area contributed by atoms with Gasteiger partial charge in [-0.3, -0.25) is 9.59 Å². The van der Waals surface area contributed by atoms with Crippen molar-refractivity contribution in [3.05, 3.63) is 19.9 Å². The van der Waals surface area contributed by atoms with Gasteiger partial charge in [-0.15, -0.1) is 11.3 Å². The number of nitrogens with one attached hydrogen (secondary N) is 1. The van der Waals surface area contributed by atoms with E-state index in [4.69, 9.17) is 5.73 Å². The normalized spacial score (nSPS) is 11.2. The van der Waals surface area contributed by atoms with Gasteiger partial charge >= 0.3 is 0 Å². The van der Waals surface area contributed by atoms with Gasteiger partial charge < -0.3 is 11.1 Å². The third-order valence-corrected chi connectivity index (χ3v) is 3.69. The van der Waals surface area contributed by atoms with E-state index in [0.717, 1.165) is 2.88 Å². The highest BCUT2D eigenvalue weighted by Gasteiger charge is 2.23. The third kappa shape index (κ3) is 4.09. The van der Waals surface area contributed by atoms with Crippen molar-refractivity contribution in [3.8, 4) is 0 Å². The molecular formula is C10H13IN2O2S. The minimum atomic E-state index is -0.615. The van der Waals surface area contributed by atoms with Gasteiger partial charge in [0.2, 0.25) is 5.91 Å². The standard InChI is InChI=1S/C10H13IN2O2S/c1-10(2,4-8(12)14)13-9(15)6-3-7(11)16-5-6/h3,5H,4H2,1-2H3,(H2,12,14)(H,13,15). The van der Waals surface area contributed by atoms with Gasteiger partial charge in [-0.2, -0.15) is 0 Å². The van der Waals surface area contributed by atoms with Crippen LogP contribution in [0.5, 0.6) is 0 Å². The summed E-state index contributed by atoms with van der Waals surface area (Å²) in [4.78, 5) is 22.6. The second-order valence-electron chi connectivity index (χ2n) is 4.12. The predicted molar refractivity (Wildman–Crippen MR) is 72.4 cm³/mol. The predicted octanol–water partition coefficient (Wildman–Crippen LogP) is 1.74. The molecule has 0 aliphatic heterocycles. The maximum Gasteiger partial charge on any atom is 0.252 e. The van der Waals surface area contributed by atoms with Crippen molar-refractivity contribution < 1.29 is 9.59 Å². The van der Waals surface area contributed by atoms with Crippen molar-refractivity contribution in [2.45, 2.75) is 25.8 Å². The molecule has 88 valence electrons. The first kappa shape index (κ1) is 13.4. The van der Waals surface area contributed by atoms with Crippen molar-refractivity contribution in [1.29, 1.82) is 0 Å². The van der Waals surface area contributed by atoms with Crippen LogP contribution in [0.25, 0.3) is 0 Å². The highest BCUT2D eigenvalue weighted by atomic mass is 127. The number of hydrogen-bond acceptors (Lipinski definition) is 3. The molecule has 0 saturated carbocycles. The molecule has 0 radical (unpaired) electrons. The first-order valence-electron chi connectivity index (χ1n) is 4.65. The number of carbonyl (C=O) groups is 2. The molecule has 0 atom stereocenters. The second kappa shape index (κ2) is 5.13. The Morgan fingerprint density at radius 3 is 2.62 bits per heavy atom. The monoisotopic (exact) mass is 352 g/mol. The fourth-order valence-electron chi connectivity index (χ4n) is 1.29. The highest BCUT2D eigenvalue weighted by molar-refractivity contribution is 14.1. The first-order valence-corrected chi connectivity index (χ1v) is 6.61. The van der Waals surface area contributed by atoms with Crippen molar-refractivity contribution in [2.75, 3.05) is 0 Å². The molecule has 3 N–H and O–H groups in total. The first-order chi connectivity index (χ1) is 7.30. The minimum Gasteiger partial charge on any atom is -0.370 e. The largest absolute Gasteiger partial charge is 0.370 e. The van der Waals surface area contributed by atoms with Crippen LogP contribution < -0.4 is 11.1 Å². The number of rotatable bonds is 4. The van der Waals surface area contributed by atoms with Gasteiger partial charge in [-0.1, -0.05) is 0 Å². The quantitative estimate of drug-likeness (QED) is 0.811. The molecule has 4 nitrogen and oxygen atoms in total. The van der Waals surface area contributed by atoms with Crippen LogP contribution in [-0.2, 0) is 4.79 Å². The minimum absolute atomic E-state index is 0.125. The van der Waals surface area contributed by atoms with E-state index in [9.17, 15) is 9.59 Å². The number of nitrogens with two attached hydrogens (primary N) is 1. The number of halogens is 1. The summed E-state index contributed by atoms with van der Waals surface area (Å²) in [6, 6.07) is 1.81. The van der Waals surface area contributed by atoms with Gasteiger partial charge in [-0.05, 0) is 42.5 Å². The van der Waals surface area contributed by atoms with Gasteiger partial charge in [0, 0.05) is 17.3 Å². The van der Waals surface area contributed by atoms with E-state index in [2.05, 4.69) is 27.9 Å². The van der Waals surface area contributed by atoms with E-state index < -0.39 is 11.4 Å². The van der Waals surface area contributed by atoms with E-state index in [0.29, 0.717) is 5.56 Å². The molecule has 0 aromatic carbocycles. The second-order valence-corrected chi connectivity index (χ2v) is 6.93. The van der Waals surface area contributed by atoms with Crippen molar-refractivity contribution in [2.24, 2.45) is 5.73 Å². The fraction of sp³-hybridized carbons (Fsp3) is 0.400. The smallest absolute Gasteiger partial charge is 0.252 e. The molecule has 0 unspecified atom stereocenters. The highest BCUT2D eigenvalue weighted by Crippen LogP contribution is 2.17. The number of primary amides is 1. The Kier molecular flexibility index (Phi) is 4.31. The lowest BCUT2D eigenvalue weighted by Crippen LogP contribution is -2.45. The van der Waals surface area contributed by atoms with Gasteiger partial charge in [0.05, 0.1) is 8.45 Å². The topological polar surface area (TPSA) is 72.2 Å². The summed E-state index contributed by atoms with van der Waals surface area (Å²) in [5.74, 6) is -0.601. The molecule has 1 aromatic heterocycles. The Hall–Kier alpha value is -0.630. The zero-order chi connectivity index (χ0) is 12.3. The van der Waals surface area contributed by atoms with Crippen molar-refractivity contribution in [1.82, 2.24) is 5.32 Å². The molecule has 0 fully saturated rings. The number of amides is 2. The van der Waals surface area contributed by atoms with Crippen molar-refractivity contribution >= 4 is 45.7 Å². The summed E-state index contributed by atoms with van der Waals surface area (Å²) < 4.78 is 1.05. The molecule has 0 saturated heterocycles. The van der Waals surface area contributed by atoms with Gasteiger partial charge in [-0.25, -0.2) is 0 Å². The van der Waals surface area contributed by atoms with Crippen LogP contribution in [0.3, 0.4) is 0 Å². The van der Waals surface area contributed by atoms with Gasteiger partial charge in [0.25, 0.3) is 5.91 Å². The van der Waals surface area contributed by atoms with E-state index in [1.807, 2.05) is 0 Å². The molecule has 0 bridgehead atoms. The molecule has 1 heterocycles. The lowest BCUT2D eigenvalue weighted by molar-refractivity contribution is -0.119. The summed E-state index contributed by atoms with van der Waals surface area (Å²) in [5.41, 5.74) is 5.11. The van der Waals surface area contributed by atoms with Crippen LogP contribution in [-0.4, -0.2) is 17.4 Å². The third-order valence-electron chi connectivity index (χ3n) is 1.90. The van der Waals surface area contributed by atoms with E-state index in [1.54, 1.807) is 25.3 Å². The summed E-state index contributed by atoms with van der Waals surface area (Å²) in [7, 11) is 0. The van der Waals surface area contributed by atoms with Crippen LogP contribution in [0.2, 0.25) is 0 Å². The average Bonchev–Trinajstić information content (AvgIpc) is 2.47. The summed E-state index contributed by atoms with van der Waals surface area (Å²) in [6.45, 7) is 3.54. The zero-order valence-electron chi connectivity index (χ0n) is 9.04.